The number of amides is 1. The number of aromatic hydroxyl groups is 1. The van der Waals surface area contributed by atoms with Crippen LogP contribution in [0.4, 0.5) is 5.69 Å². The fourth-order valence-corrected chi connectivity index (χ4v) is 5.48. The van der Waals surface area contributed by atoms with Crippen LogP contribution in [-0.4, -0.2) is 42.8 Å². The Balaban J connectivity index is 1.57. The third-order valence-corrected chi connectivity index (χ3v) is 7.14. The number of nitrogens with zero attached hydrogens (tertiary/aromatic N) is 1. The van der Waals surface area contributed by atoms with Crippen molar-refractivity contribution in [3.63, 3.8) is 0 Å². The fourth-order valence-electron chi connectivity index (χ4n) is 5.48. The van der Waals surface area contributed by atoms with Crippen molar-refractivity contribution in [1.82, 2.24) is 10.9 Å². The molecule has 9 heteroatoms. The summed E-state index contributed by atoms with van der Waals surface area (Å²) >= 11 is 0. The molecule has 2 heterocycles. The molecule has 0 spiro atoms. The molecule has 5 rings (SSSR count). The van der Waals surface area contributed by atoms with Crippen LogP contribution in [0.15, 0.2) is 66.7 Å². The van der Waals surface area contributed by atoms with E-state index in [9.17, 15) is 14.7 Å². The molecule has 0 aliphatic carbocycles. The van der Waals surface area contributed by atoms with E-state index in [0.29, 0.717) is 30.2 Å². The van der Waals surface area contributed by atoms with E-state index in [-0.39, 0.29) is 30.2 Å². The second kappa shape index (κ2) is 11.3. The number of benzene rings is 3. The number of carbonyl (C=O) groups excluding carboxylic acids is 2. The highest BCUT2D eigenvalue weighted by atomic mass is 16.5. The van der Waals surface area contributed by atoms with Gasteiger partial charge in [-0.1, -0.05) is 18.2 Å². The number of ether oxygens (including phenoxy) is 3. The van der Waals surface area contributed by atoms with Crippen molar-refractivity contribution in [1.29, 1.82) is 0 Å². The van der Waals surface area contributed by atoms with Gasteiger partial charge in [0.15, 0.2) is 11.5 Å². The van der Waals surface area contributed by atoms with Crippen LogP contribution in [0.5, 0.6) is 17.2 Å². The van der Waals surface area contributed by atoms with Gasteiger partial charge in [-0.2, -0.15) is 0 Å². The standard InChI is InChI=1S/C30H33N3O6/c1-4-37-22-14-9-18(10-15-22)26-25-27(32-31-26)29(35)33(21-12-7-19(8-13-21)30(36)39-6-3)28(25)20-11-16-23(34)24(17-20)38-5-2/h7-17,25-28,31-32,34H,4-6H2,1-3H3. The Morgan fingerprint density at radius 2 is 1.51 bits per heavy atom. The van der Waals surface area contributed by atoms with Gasteiger partial charge in [-0.25, -0.2) is 15.6 Å². The maximum atomic E-state index is 13.9. The second-order valence-electron chi connectivity index (χ2n) is 9.40. The molecule has 3 aromatic rings. The largest absolute Gasteiger partial charge is 0.504 e. The van der Waals surface area contributed by atoms with Gasteiger partial charge in [0.2, 0.25) is 5.91 Å². The predicted molar refractivity (Wildman–Crippen MR) is 146 cm³/mol. The first-order valence-electron chi connectivity index (χ1n) is 13.3. The lowest BCUT2D eigenvalue weighted by molar-refractivity contribution is -0.119. The maximum Gasteiger partial charge on any atom is 0.338 e. The number of anilines is 1. The molecule has 204 valence electrons. The lowest BCUT2D eigenvalue weighted by Crippen LogP contribution is -2.41. The van der Waals surface area contributed by atoms with Crippen LogP contribution in [-0.2, 0) is 9.53 Å². The maximum absolute atomic E-state index is 13.9. The van der Waals surface area contributed by atoms with Crippen LogP contribution in [0.2, 0.25) is 0 Å². The molecule has 0 bridgehead atoms. The highest BCUT2D eigenvalue weighted by molar-refractivity contribution is 6.02. The molecule has 0 aromatic heterocycles. The Morgan fingerprint density at radius 3 is 2.18 bits per heavy atom. The van der Waals surface area contributed by atoms with E-state index in [1.165, 1.54) is 0 Å². The zero-order valence-electron chi connectivity index (χ0n) is 22.2. The van der Waals surface area contributed by atoms with Gasteiger partial charge in [0.25, 0.3) is 0 Å². The molecule has 4 unspecified atom stereocenters. The molecule has 2 saturated heterocycles. The van der Waals surface area contributed by atoms with Crippen LogP contribution >= 0.6 is 0 Å². The molecule has 0 radical (unpaired) electrons. The average molecular weight is 532 g/mol. The molecule has 3 aromatic carbocycles. The van der Waals surface area contributed by atoms with Crippen molar-refractivity contribution in [3.05, 3.63) is 83.4 Å². The molecular weight excluding hydrogens is 498 g/mol. The highest BCUT2D eigenvalue weighted by Gasteiger charge is 2.56. The third-order valence-electron chi connectivity index (χ3n) is 7.14. The number of phenols is 1. The molecule has 1 amide bonds. The van der Waals surface area contributed by atoms with Gasteiger partial charge in [0.05, 0.1) is 37.5 Å². The first-order valence-corrected chi connectivity index (χ1v) is 13.3. The van der Waals surface area contributed by atoms with Crippen molar-refractivity contribution in [3.8, 4) is 17.2 Å². The summed E-state index contributed by atoms with van der Waals surface area (Å²) in [5.41, 5.74) is 9.48. The van der Waals surface area contributed by atoms with Crippen molar-refractivity contribution in [2.75, 3.05) is 24.7 Å². The number of hydrogen-bond acceptors (Lipinski definition) is 8. The molecule has 2 aliphatic heterocycles. The van der Waals surface area contributed by atoms with Crippen molar-refractivity contribution in [2.45, 2.75) is 38.9 Å². The van der Waals surface area contributed by atoms with Gasteiger partial charge < -0.3 is 24.2 Å². The Labute approximate surface area is 227 Å². The summed E-state index contributed by atoms with van der Waals surface area (Å²) in [6.07, 6.45) is 0. The molecule has 4 atom stereocenters. The van der Waals surface area contributed by atoms with Gasteiger partial charge in [-0.15, -0.1) is 0 Å². The lowest BCUT2D eigenvalue weighted by atomic mass is 9.83. The van der Waals surface area contributed by atoms with Crippen LogP contribution in [0, 0.1) is 5.92 Å². The van der Waals surface area contributed by atoms with Crippen LogP contribution in [0.3, 0.4) is 0 Å². The highest BCUT2D eigenvalue weighted by Crippen LogP contribution is 2.50. The molecule has 3 N–H and O–H groups in total. The van der Waals surface area contributed by atoms with Crippen LogP contribution < -0.4 is 25.2 Å². The SMILES string of the molecule is CCOC(=O)c1ccc(N2C(=O)C3NNC(c4ccc(OCC)cc4)C3C2c2ccc(O)c(OCC)c2)cc1. The average Bonchev–Trinajstić information content (AvgIpc) is 3.50. The Kier molecular flexibility index (Phi) is 7.72. The quantitative estimate of drug-likeness (QED) is 0.351. The topological polar surface area (TPSA) is 109 Å². The number of hydrazine groups is 1. The number of nitrogens with one attached hydrogen (secondary N) is 2. The van der Waals surface area contributed by atoms with Gasteiger partial charge in [0, 0.05) is 11.6 Å². The third kappa shape index (κ3) is 5.03. The number of fused-ring (bicyclic) bond motifs is 1. The smallest absolute Gasteiger partial charge is 0.338 e. The van der Waals surface area contributed by atoms with E-state index in [4.69, 9.17) is 14.2 Å². The first kappa shape index (κ1) is 26.5. The number of hydrogen-bond donors (Lipinski definition) is 3. The zero-order chi connectivity index (χ0) is 27.5. The summed E-state index contributed by atoms with van der Waals surface area (Å²) in [6.45, 7) is 6.81. The van der Waals surface area contributed by atoms with Gasteiger partial charge in [-0.3, -0.25) is 4.79 Å². The van der Waals surface area contributed by atoms with Gasteiger partial charge in [0.1, 0.15) is 11.8 Å². The molecule has 2 aliphatic rings. The van der Waals surface area contributed by atoms with Crippen molar-refractivity contribution < 1.29 is 28.9 Å². The summed E-state index contributed by atoms with van der Waals surface area (Å²) in [5.74, 6) is 0.482. The fraction of sp³-hybridized carbons (Fsp3) is 0.333. The first-order chi connectivity index (χ1) is 19.0. The molecular formula is C30H33N3O6. The number of esters is 1. The number of rotatable bonds is 9. The summed E-state index contributed by atoms with van der Waals surface area (Å²) in [6, 6.07) is 18.9. The molecule has 39 heavy (non-hydrogen) atoms. The van der Waals surface area contributed by atoms with E-state index in [1.54, 1.807) is 48.2 Å². The van der Waals surface area contributed by atoms with Crippen molar-refractivity contribution >= 4 is 17.6 Å². The monoisotopic (exact) mass is 531 g/mol. The van der Waals surface area contributed by atoms with Gasteiger partial charge >= 0.3 is 5.97 Å². The van der Waals surface area contributed by atoms with E-state index in [0.717, 1.165) is 16.9 Å². The van der Waals surface area contributed by atoms with Crippen molar-refractivity contribution in [2.24, 2.45) is 5.92 Å². The van der Waals surface area contributed by atoms with Crippen LogP contribution in [0.25, 0.3) is 0 Å². The number of carbonyl (C=O) groups is 2. The van der Waals surface area contributed by atoms with E-state index >= 15 is 0 Å². The predicted octanol–water partition coefficient (Wildman–Crippen LogP) is 4.29. The summed E-state index contributed by atoms with van der Waals surface area (Å²) in [5, 5.41) is 10.4. The molecule has 0 saturated carbocycles. The molecule has 9 nitrogen and oxygen atoms in total. The number of phenolic OH excluding ortho intramolecular Hbond substituents is 1. The van der Waals surface area contributed by atoms with E-state index < -0.39 is 18.1 Å². The molecule has 2 fully saturated rings. The minimum atomic E-state index is -0.499. The van der Waals surface area contributed by atoms with E-state index in [2.05, 4.69) is 10.9 Å². The minimum absolute atomic E-state index is 0.0394. The Morgan fingerprint density at radius 1 is 0.846 bits per heavy atom. The Bertz CT molecular complexity index is 1330. The normalized spacial score (nSPS) is 22.0. The summed E-state index contributed by atoms with van der Waals surface area (Å²) in [7, 11) is 0. The minimum Gasteiger partial charge on any atom is -0.504 e. The summed E-state index contributed by atoms with van der Waals surface area (Å²) < 4.78 is 16.4. The summed E-state index contributed by atoms with van der Waals surface area (Å²) in [4.78, 5) is 27.9. The zero-order valence-corrected chi connectivity index (χ0v) is 22.2. The van der Waals surface area contributed by atoms with E-state index in [1.807, 2.05) is 44.2 Å². The van der Waals surface area contributed by atoms with Crippen LogP contribution in [0.1, 0.15) is 54.3 Å². The lowest BCUT2D eigenvalue weighted by Gasteiger charge is -2.31. The Hall–Kier alpha value is -4.08. The second-order valence-corrected chi connectivity index (χ2v) is 9.40. The van der Waals surface area contributed by atoms with Gasteiger partial charge in [-0.05, 0) is 80.4 Å².